The Morgan fingerprint density at radius 3 is 2.68 bits per heavy atom. The number of para-hydroxylation sites is 2. The van der Waals surface area contributed by atoms with Crippen LogP contribution < -0.4 is 15.8 Å². The van der Waals surface area contributed by atoms with Crippen LogP contribution in [0.25, 0.3) is 0 Å². The van der Waals surface area contributed by atoms with Crippen LogP contribution in [0.1, 0.15) is 20.3 Å². The number of amides is 1. The lowest BCUT2D eigenvalue weighted by molar-refractivity contribution is -0.121. The lowest BCUT2D eigenvalue weighted by Crippen LogP contribution is -2.29. The van der Waals surface area contributed by atoms with Gasteiger partial charge in [0.2, 0.25) is 5.91 Å². The molecule has 0 fully saturated rings. The molecule has 1 rings (SSSR count). The van der Waals surface area contributed by atoms with E-state index in [2.05, 4.69) is 5.32 Å². The molecule has 1 aromatic rings. The Morgan fingerprint density at radius 1 is 1.37 bits per heavy atom. The number of carbonyl (C=O) groups excluding carboxylic acids is 1. The first-order valence-electron chi connectivity index (χ1n) is 6.25. The molecule has 106 valence electrons. The van der Waals surface area contributed by atoms with Crippen molar-refractivity contribution < 1.29 is 14.3 Å². The van der Waals surface area contributed by atoms with Crippen LogP contribution in [0.3, 0.4) is 0 Å². The first-order chi connectivity index (χ1) is 8.98. The van der Waals surface area contributed by atoms with E-state index in [4.69, 9.17) is 15.2 Å². The first-order valence-corrected chi connectivity index (χ1v) is 6.25. The van der Waals surface area contributed by atoms with Gasteiger partial charge in [-0.15, -0.1) is 0 Å². The van der Waals surface area contributed by atoms with E-state index in [1.54, 1.807) is 19.2 Å². The molecule has 0 heterocycles. The zero-order valence-electron chi connectivity index (χ0n) is 11.7. The predicted octanol–water partition coefficient (Wildman–Crippen LogP) is 1.78. The van der Waals surface area contributed by atoms with Crippen molar-refractivity contribution >= 4 is 11.6 Å². The number of anilines is 1. The summed E-state index contributed by atoms with van der Waals surface area (Å²) in [4.78, 5) is 11.9. The number of nitrogens with one attached hydrogen (secondary N) is 1. The standard InChI is InChI=1S/C14H22N2O3/c1-14(2,18-3)10-13(17)16-11-6-4-5-7-12(11)19-9-8-15/h4-7H,8-10,15H2,1-3H3,(H,16,17). The normalized spacial score (nSPS) is 11.2. The van der Waals surface area contributed by atoms with Crippen molar-refractivity contribution in [3.8, 4) is 5.75 Å². The molecule has 0 saturated heterocycles. The van der Waals surface area contributed by atoms with Crippen LogP contribution in [-0.2, 0) is 9.53 Å². The SMILES string of the molecule is COC(C)(C)CC(=O)Nc1ccccc1OCCN. The summed E-state index contributed by atoms with van der Waals surface area (Å²) >= 11 is 0. The number of methoxy groups -OCH3 is 1. The molecule has 1 aromatic carbocycles. The van der Waals surface area contributed by atoms with Gasteiger partial charge in [0.15, 0.2) is 0 Å². The van der Waals surface area contributed by atoms with E-state index < -0.39 is 5.60 Å². The van der Waals surface area contributed by atoms with Gasteiger partial charge >= 0.3 is 0 Å². The lowest BCUT2D eigenvalue weighted by atomic mass is 10.0. The van der Waals surface area contributed by atoms with Gasteiger partial charge in [0, 0.05) is 13.7 Å². The molecule has 0 radical (unpaired) electrons. The van der Waals surface area contributed by atoms with E-state index >= 15 is 0 Å². The Kier molecular flexibility index (Phi) is 5.79. The van der Waals surface area contributed by atoms with Gasteiger partial charge in [-0.05, 0) is 26.0 Å². The van der Waals surface area contributed by atoms with E-state index in [9.17, 15) is 4.79 Å². The summed E-state index contributed by atoms with van der Waals surface area (Å²) in [7, 11) is 1.59. The molecule has 0 aliphatic carbocycles. The molecule has 5 heteroatoms. The van der Waals surface area contributed by atoms with Gasteiger partial charge in [0.25, 0.3) is 0 Å². The molecule has 0 saturated carbocycles. The van der Waals surface area contributed by atoms with Crippen molar-refractivity contribution in [2.45, 2.75) is 25.9 Å². The number of carbonyl (C=O) groups is 1. The monoisotopic (exact) mass is 266 g/mol. The zero-order valence-corrected chi connectivity index (χ0v) is 11.7. The second-order valence-electron chi connectivity index (χ2n) is 4.82. The minimum atomic E-state index is -0.489. The Bertz CT molecular complexity index is 419. The molecule has 0 aliphatic heterocycles. The van der Waals surface area contributed by atoms with Gasteiger partial charge in [0.05, 0.1) is 17.7 Å². The minimum absolute atomic E-state index is 0.115. The van der Waals surface area contributed by atoms with Gasteiger partial charge in [0.1, 0.15) is 12.4 Å². The van der Waals surface area contributed by atoms with Crippen molar-refractivity contribution in [3.05, 3.63) is 24.3 Å². The second kappa shape index (κ2) is 7.11. The smallest absolute Gasteiger partial charge is 0.227 e. The number of hydrogen-bond donors (Lipinski definition) is 2. The third-order valence-corrected chi connectivity index (χ3v) is 2.68. The van der Waals surface area contributed by atoms with Crippen molar-refractivity contribution in [3.63, 3.8) is 0 Å². The fourth-order valence-corrected chi connectivity index (χ4v) is 1.52. The number of benzene rings is 1. The Labute approximate surface area is 114 Å². The van der Waals surface area contributed by atoms with Gasteiger partial charge in [-0.1, -0.05) is 12.1 Å². The fourth-order valence-electron chi connectivity index (χ4n) is 1.52. The third-order valence-electron chi connectivity index (χ3n) is 2.68. The maximum atomic E-state index is 11.9. The summed E-state index contributed by atoms with van der Waals surface area (Å²) in [5.74, 6) is 0.507. The molecule has 0 aromatic heterocycles. The summed E-state index contributed by atoms with van der Waals surface area (Å²) < 4.78 is 10.7. The number of hydrogen-bond acceptors (Lipinski definition) is 4. The van der Waals surface area contributed by atoms with E-state index in [1.165, 1.54) is 0 Å². The topological polar surface area (TPSA) is 73.6 Å². The Morgan fingerprint density at radius 2 is 2.05 bits per heavy atom. The quantitative estimate of drug-likeness (QED) is 0.789. The van der Waals surface area contributed by atoms with Crippen molar-refractivity contribution in [1.29, 1.82) is 0 Å². The van der Waals surface area contributed by atoms with Crippen LogP contribution in [0.2, 0.25) is 0 Å². The van der Waals surface area contributed by atoms with Crippen LogP contribution in [0.5, 0.6) is 5.75 Å². The average molecular weight is 266 g/mol. The highest BCUT2D eigenvalue weighted by atomic mass is 16.5. The van der Waals surface area contributed by atoms with Gasteiger partial charge in [-0.3, -0.25) is 4.79 Å². The molecule has 0 bridgehead atoms. The van der Waals surface area contributed by atoms with Gasteiger partial charge < -0.3 is 20.5 Å². The summed E-state index contributed by atoms with van der Waals surface area (Å²) in [5, 5.41) is 2.83. The van der Waals surface area contributed by atoms with Crippen LogP contribution in [0.4, 0.5) is 5.69 Å². The molecule has 0 atom stereocenters. The highest BCUT2D eigenvalue weighted by Gasteiger charge is 2.21. The molecule has 0 spiro atoms. The predicted molar refractivity (Wildman–Crippen MR) is 75.3 cm³/mol. The number of rotatable bonds is 7. The maximum absolute atomic E-state index is 11.9. The first kappa shape index (κ1) is 15.5. The van der Waals surface area contributed by atoms with Crippen molar-refractivity contribution in [1.82, 2.24) is 0 Å². The zero-order chi connectivity index (χ0) is 14.3. The summed E-state index contributed by atoms with van der Waals surface area (Å²) in [6, 6.07) is 7.28. The van der Waals surface area contributed by atoms with Crippen molar-refractivity contribution in [2.24, 2.45) is 5.73 Å². The number of ether oxygens (including phenoxy) is 2. The Balaban J connectivity index is 2.68. The maximum Gasteiger partial charge on any atom is 0.227 e. The highest BCUT2D eigenvalue weighted by Crippen LogP contribution is 2.24. The minimum Gasteiger partial charge on any atom is -0.490 e. The lowest BCUT2D eigenvalue weighted by Gasteiger charge is -2.22. The summed E-state index contributed by atoms with van der Waals surface area (Å²) in [5.41, 5.74) is 5.56. The Hall–Kier alpha value is -1.59. The summed E-state index contributed by atoms with van der Waals surface area (Å²) in [6.45, 7) is 4.57. The van der Waals surface area contributed by atoms with E-state index in [0.29, 0.717) is 24.6 Å². The van der Waals surface area contributed by atoms with Crippen LogP contribution in [0.15, 0.2) is 24.3 Å². The molecule has 1 amide bonds. The fraction of sp³-hybridized carbons (Fsp3) is 0.500. The molecule has 0 aliphatic rings. The van der Waals surface area contributed by atoms with Gasteiger partial charge in [-0.2, -0.15) is 0 Å². The van der Waals surface area contributed by atoms with Crippen LogP contribution >= 0.6 is 0 Å². The summed E-state index contributed by atoms with van der Waals surface area (Å²) in [6.07, 6.45) is 0.273. The molecular weight excluding hydrogens is 244 g/mol. The molecule has 19 heavy (non-hydrogen) atoms. The van der Waals surface area contributed by atoms with E-state index in [-0.39, 0.29) is 12.3 Å². The average Bonchev–Trinajstić information content (AvgIpc) is 2.37. The molecule has 3 N–H and O–H groups in total. The van der Waals surface area contributed by atoms with Crippen molar-refractivity contribution in [2.75, 3.05) is 25.6 Å². The van der Waals surface area contributed by atoms with Gasteiger partial charge in [-0.25, -0.2) is 0 Å². The van der Waals surface area contributed by atoms with E-state index in [0.717, 1.165) is 0 Å². The largest absolute Gasteiger partial charge is 0.490 e. The molecule has 5 nitrogen and oxygen atoms in total. The second-order valence-corrected chi connectivity index (χ2v) is 4.82. The number of nitrogens with two attached hydrogens (primary N) is 1. The molecule has 0 unspecified atom stereocenters. The van der Waals surface area contributed by atoms with Crippen LogP contribution in [-0.4, -0.2) is 31.8 Å². The van der Waals surface area contributed by atoms with Crippen LogP contribution in [0, 0.1) is 0 Å². The molecular formula is C14H22N2O3. The third kappa shape index (κ3) is 5.28. The van der Waals surface area contributed by atoms with E-state index in [1.807, 2.05) is 26.0 Å². The highest BCUT2D eigenvalue weighted by molar-refractivity contribution is 5.92.